The normalized spacial score (nSPS) is 14.6. The molecular weight excluding hydrogens is 341 g/mol. The number of rotatable bonds is 2. The van der Waals surface area contributed by atoms with Crippen LogP contribution in [0.5, 0.6) is 0 Å². The highest BCUT2D eigenvalue weighted by Crippen LogP contribution is 2.31. The summed E-state index contributed by atoms with van der Waals surface area (Å²) >= 11 is 0. The Morgan fingerprint density at radius 3 is 2.71 bits per heavy atom. The van der Waals surface area contributed by atoms with Crippen LogP contribution in [0.3, 0.4) is 0 Å². The number of benzene rings is 1. The zero-order valence-electron chi connectivity index (χ0n) is 13.5. The maximum Gasteiger partial charge on any atom is 0.0460 e. The molecule has 0 amide bonds. The lowest BCUT2D eigenvalue weighted by Gasteiger charge is -2.21. The van der Waals surface area contributed by atoms with Gasteiger partial charge in [-0.2, -0.15) is 0 Å². The Hall–Kier alpha value is -1.81. The predicted octanol–water partition coefficient (Wildman–Crippen LogP) is 4.79. The first-order valence-electron chi connectivity index (χ1n) is 7.71. The van der Waals surface area contributed by atoms with E-state index in [0.29, 0.717) is 0 Å². The summed E-state index contributed by atoms with van der Waals surface area (Å²) in [5.74, 6) is 0. The second-order valence-electron chi connectivity index (χ2n) is 5.95. The van der Waals surface area contributed by atoms with E-state index in [9.17, 15) is 0 Å². The highest BCUT2D eigenvalue weighted by molar-refractivity contribution is 5.95. The lowest BCUT2D eigenvalue weighted by atomic mass is 9.97. The molecule has 3 nitrogen and oxygen atoms in total. The smallest absolute Gasteiger partial charge is 0.0460 e. The van der Waals surface area contributed by atoms with E-state index >= 15 is 0 Å². The number of hydrogen-bond donors (Lipinski definition) is 1. The fourth-order valence-corrected chi connectivity index (χ4v) is 3.11. The van der Waals surface area contributed by atoms with Gasteiger partial charge in [0.25, 0.3) is 0 Å². The summed E-state index contributed by atoms with van der Waals surface area (Å²) in [6.07, 6.45) is 9.34. The van der Waals surface area contributed by atoms with Gasteiger partial charge in [0.2, 0.25) is 0 Å². The molecule has 126 valence electrons. The molecule has 0 spiro atoms. The number of nitrogens with one attached hydrogen (secondary N) is 1. The van der Waals surface area contributed by atoms with E-state index in [1.54, 1.807) is 0 Å². The van der Waals surface area contributed by atoms with Crippen LogP contribution >= 0.6 is 24.8 Å². The molecule has 3 aromatic rings. The van der Waals surface area contributed by atoms with Crippen LogP contribution in [0.4, 0.5) is 0 Å². The summed E-state index contributed by atoms with van der Waals surface area (Å²) in [5.41, 5.74) is 6.37. The van der Waals surface area contributed by atoms with E-state index in [0.717, 1.165) is 25.1 Å². The van der Waals surface area contributed by atoms with Gasteiger partial charge >= 0.3 is 0 Å². The van der Waals surface area contributed by atoms with Gasteiger partial charge in [0.15, 0.2) is 0 Å². The van der Waals surface area contributed by atoms with Crippen molar-refractivity contribution < 1.29 is 0 Å². The van der Waals surface area contributed by atoms with Crippen molar-refractivity contribution in [1.29, 1.82) is 0 Å². The number of aromatic nitrogens is 2. The first kappa shape index (κ1) is 18.5. The Labute approximate surface area is 154 Å². The highest BCUT2D eigenvalue weighted by Gasteiger charge is 2.13. The predicted molar refractivity (Wildman–Crippen MR) is 106 cm³/mol. The van der Waals surface area contributed by atoms with E-state index in [1.165, 1.54) is 27.6 Å². The van der Waals surface area contributed by atoms with Crippen molar-refractivity contribution in [3.05, 3.63) is 60.6 Å². The van der Waals surface area contributed by atoms with Gasteiger partial charge in [0.05, 0.1) is 0 Å². The maximum absolute atomic E-state index is 4.22. The molecule has 0 unspecified atom stereocenters. The molecule has 4 rings (SSSR count). The van der Waals surface area contributed by atoms with Gasteiger partial charge in [-0.05, 0) is 42.8 Å². The molecule has 0 saturated heterocycles. The number of aromatic amines is 1. The first-order chi connectivity index (χ1) is 10.8. The molecule has 0 atom stereocenters. The number of H-pyrrole nitrogens is 1. The van der Waals surface area contributed by atoms with Gasteiger partial charge in [0.1, 0.15) is 0 Å². The Bertz CT molecular complexity index is 840. The molecule has 1 aromatic carbocycles. The van der Waals surface area contributed by atoms with Crippen molar-refractivity contribution in [2.45, 2.75) is 6.42 Å². The zero-order valence-corrected chi connectivity index (χ0v) is 15.2. The maximum atomic E-state index is 4.22. The quantitative estimate of drug-likeness (QED) is 0.711. The van der Waals surface area contributed by atoms with Crippen molar-refractivity contribution in [2.75, 3.05) is 20.1 Å². The van der Waals surface area contributed by atoms with Crippen molar-refractivity contribution in [1.82, 2.24) is 14.9 Å². The van der Waals surface area contributed by atoms with Gasteiger partial charge in [-0.15, -0.1) is 24.8 Å². The molecule has 0 saturated carbocycles. The van der Waals surface area contributed by atoms with E-state index in [1.807, 2.05) is 18.5 Å². The third-order valence-electron chi connectivity index (χ3n) is 4.43. The summed E-state index contributed by atoms with van der Waals surface area (Å²) < 4.78 is 0. The molecule has 0 aliphatic carbocycles. The zero-order chi connectivity index (χ0) is 14.9. The average molecular weight is 362 g/mol. The Balaban J connectivity index is 0.00000104. The van der Waals surface area contributed by atoms with Gasteiger partial charge < -0.3 is 9.88 Å². The Kier molecular flexibility index (Phi) is 6.05. The number of halogens is 2. The molecule has 1 aliphatic rings. The SMILES string of the molecule is CN1CC=C(c2c[nH]c3ccc(-c4cccnc4)cc23)CC1.Cl.Cl. The topological polar surface area (TPSA) is 31.9 Å². The third-order valence-corrected chi connectivity index (χ3v) is 4.43. The van der Waals surface area contributed by atoms with Crippen LogP contribution in [-0.2, 0) is 0 Å². The van der Waals surface area contributed by atoms with Crippen molar-refractivity contribution in [3.8, 4) is 11.1 Å². The largest absolute Gasteiger partial charge is 0.361 e. The van der Waals surface area contributed by atoms with Crippen LogP contribution < -0.4 is 0 Å². The minimum atomic E-state index is 0. The fraction of sp³-hybridized carbons (Fsp3) is 0.211. The van der Waals surface area contributed by atoms with Gasteiger partial charge in [-0.1, -0.05) is 18.2 Å². The summed E-state index contributed by atoms with van der Waals surface area (Å²) in [7, 11) is 2.17. The van der Waals surface area contributed by atoms with Crippen LogP contribution in [0.15, 0.2) is 55.0 Å². The first-order valence-corrected chi connectivity index (χ1v) is 7.71. The summed E-state index contributed by atoms with van der Waals surface area (Å²) in [6, 6.07) is 10.7. The van der Waals surface area contributed by atoms with Gasteiger partial charge in [-0.3, -0.25) is 4.98 Å². The van der Waals surface area contributed by atoms with Gasteiger partial charge in [0, 0.05) is 53.7 Å². The van der Waals surface area contributed by atoms with Crippen molar-refractivity contribution in [3.63, 3.8) is 0 Å². The van der Waals surface area contributed by atoms with E-state index in [2.05, 4.69) is 58.5 Å². The molecule has 0 fully saturated rings. The van der Waals surface area contributed by atoms with Crippen molar-refractivity contribution in [2.24, 2.45) is 0 Å². The third kappa shape index (κ3) is 3.48. The number of nitrogens with zero attached hydrogens (tertiary/aromatic N) is 2. The van der Waals surface area contributed by atoms with Crippen LogP contribution in [0.1, 0.15) is 12.0 Å². The molecule has 5 heteroatoms. The number of likely N-dealkylation sites (N-methyl/N-ethyl adjacent to an activating group) is 1. The molecule has 0 bridgehead atoms. The Morgan fingerprint density at radius 1 is 1.12 bits per heavy atom. The monoisotopic (exact) mass is 361 g/mol. The van der Waals surface area contributed by atoms with Crippen LogP contribution in [0.2, 0.25) is 0 Å². The summed E-state index contributed by atoms with van der Waals surface area (Å²) in [6.45, 7) is 2.16. The number of fused-ring (bicyclic) bond motifs is 1. The summed E-state index contributed by atoms with van der Waals surface area (Å²) in [4.78, 5) is 9.98. The Morgan fingerprint density at radius 2 is 2.00 bits per heavy atom. The number of hydrogen-bond acceptors (Lipinski definition) is 2. The van der Waals surface area contributed by atoms with Crippen LogP contribution in [-0.4, -0.2) is 35.0 Å². The minimum absolute atomic E-state index is 0. The molecule has 2 aromatic heterocycles. The molecule has 1 aliphatic heterocycles. The van der Waals surface area contributed by atoms with Gasteiger partial charge in [-0.25, -0.2) is 0 Å². The van der Waals surface area contributed by atoms with E-state index < -0.39 is 0 Å². The van der Waals surface area contributed by atoms with Crippen molar-refractivity contribution >= 4 is 41.3 Å². The highest BCUT2D eigenvalue weighted by atomic mass is 35.5. The lowest BCUT2D eigenvalue weighted by Crippen LogP contribution is -2.23. The second-order valence-corrected chi connectivity index (χ2v) is 5.95. The van der Waals surface area contributed by atoms with E-state index in [4.69, 9.17) is 0 Å². The second kappa shape index (κ2) is 7.84. The molecule has 0 radical (unpaired) electrons. The molecular formula is C19H21Cl2N3. The standard InChI is InChI=1S/C19H19N3.2ClH/c1-22-9-6-14(7-10-22)18-13-21-19-5-4-15(11-17(18)19)16-3-2-8-20-12-16;;/h2-6,8,11-13,21H,7,9-10H2,1H3;2*1H. The fourth-order valence-electron chi connectivity index (χ4n) is 3.11. The van der Waals surface area contributed by atoms with E-state index in [-0.39, 0.29) is 24.8 Å². The molecule has 3 heterocycles. The summed E-state index contributed by atoms with van der Waals surface area (Å²) in [5, 5.41) is 1.30. The molecule has 24 heavy (non-hydrogen) atoms. The van der Waals surface area contributed by atoms with Crippen LogP contribution in [0.25, 0.3) is 27.6 Å². The number of pyridine rings is 1. The average Bonchev–Trinajstić information content (AvgIpc) is 2.99. The minimum Gasteiger partial charge on any atom is -0.361 e. The molecule has 1 N–H and O–H groups in total. The lowest BCUT2D eigenvalue weighted by molar-refractivity contribution is 0.370. The van der Waals surface area contributed by atoms with Crippen LogP contribution in [0, 0.1) is 0 Å².